The van der Waals surface area contributed by atoms with E-state index < -0.39 is 0 Å². The van der Waals surface area contributed by atoms with Crippen LogP contribution < -0.4 is 0 Å². The van der Waals surface area contributed by atoms with Crippen molar-refractivity contribution in [3.8, 4) is 0 Å². The molecule has 0 aliphatic heterocycles. The first-order valence-electron chi connectivity index (χ1n) is 5.88. The van der Waals surface area contributed by atoms with E-state index in [2.05, 4.69) is 52.7 Å². The Kier molecular flexibility index (Phi) is 4.98. The van der Waals surface area contributed by atoms with Crippen molar-refractivity contribution in [1.29, 1.82) is 0 Å². The van der Waals surface area contributed by atoms with Crippen molar-refractivity contribution in [2.75, 3.05) is 0 Å². The van der Waals surface area contributed by atoms with Gasteiger partial charge in [-0.3, -0.25) is 4.98 Å². The fourth-order valence-corrected chi connectivity index (χ4v) is 3.09. The highest BCUT2D eigenvalue weighted by molar-refractivity contribution is 14.1. The molecule has 1 heterocycles. The van der Waals surface area contributed by atoms with E-state index in [0.717, 1.165) is 0 Å². The Bertz CT molecular complexity index is 465. The number of hydrogen-bond donors (Lipinski definition) is 0. The third kappa shape index (κ3) is 4.07. The predicted molar refractivity (Wildman–Crippen MR) is 82.7 cm³/mol. The summed E-state index contributed by atoms with van der Waals surface area (Å²) < 4.78 is 1.34. The number of rotatable bonds is 5. The van der Waals surface area contributed by atoms with Crippen LogP contribution in [0.3, 0.4) is 0 Å². The molecule has 0 amide bonds. The molecule has 0 saturated heterocycles. The van der Waals surface area contributed by atoms with Crippen molar-refractivity contribution in [3.05, 3.63) is 49.5 Å². The first-order valence-corrected chi connectivity index (χ1v) is 7.84. The summed E-state index contributed by atoms with van der Waals surface area (Å²) in [5, 5.41) is 0. The number of halogens is 1. The molecule has 0 aliphatic carbocycles. The number of aryl methyl sites for hydroxylation is 3. The first kappa shape index (κ1) is 13.0. The Morgan fingerprint density at radius 2 is 2.06 bits per heavy atom. The maximum Gasteiger partial charge on any atom is 0.0794 e. The molecular weight excluding hydrogens is 341 g/mol. The average Bonchev–Trinajstić information content (AvgIpc) is 2.82. The van der Waals surface area contributed by atoms with Gasteiger partial charge in [0.25, 0.3) is 0 Å². The van der Waals surface area contributed by atoms with Crippen LogP contribution in [0.5, 0.6) is 0 Å². The molecule has 0 radical (unpaired) electrons. The van der Waals surface area contributed by atoms with Crippen molar-refractivity contribution >= 4 is 33.9 Å². The summed E-state index contributed by atoms with van der Waals surface area (Å²) in [6.07, 6.45) is 6.88. The number of unbranched alkanes of at least 4 members (excludes halogenated alkanes) is 1. The van der Waals surface area contributed by atoms with E-state index in [4.69, 9.17) is 0 Å². The Labute approximate surface area is 120 Å². The molecule has 3 heteroatoms. The second-order valence-corrected chi connectivity index (χ2v) is 6.46. The lowest BCUT2D eigenvalue weighted by Crippen LogP contribution is -1.92. The first-order chi connectivity index (χ1) is 8.25. The van der Waals surface area contributed by atoms with Crippen LogP contribution >= 0.6 is 33.9 Å². The lowest BCUT2D eigenvalue weighted by atomic mass is 10.0. The van der Waals surface area contributed by atoms with Crippen LogP contribution in [0, 0.1) is 10.5 Å². The topological polar surface area (TPSA) is 12.9 Å². The molecule has 0 spiro atoms. The van der Waals surface area contributed by atoms with E-state index in [0.29, 0.717) is 0 Å². The zero-order chi connectivity index (χ0) is 12.1. The fraction of sp³-hybridized carbons (Fsp3) is 0.357. The number of hydrogen-bond acceptors (Lipinski definition) is 2. The van der Waals surface area contributed by atoms with Gasteiger partial charge in [0.1, 0.15) is 0 Å². The van der Waals surface area contributed by atoms with E-state index in [1.54, 1.807) is 11.3 Å². The quantitative estimate of drug-likeness (QED) is 0.562. The number of thiazole rings is 1. The summed E-state index contributed by atoms with van der Waals surface area (Å²) in [5.74, 6) is 0. The Hall–Kier alpha value is -0.420. The van der Waals surface area contributed by atoms with Crippen LogP contribution in [0.15, 0.2) is 29.9 Å². The van der Waals surface area contributed by atoms with Crippen LogP contribution in [-0.4, -0.2) is 4.98 Å². The molecule has 2 aromatic rings. The molecule has 0 bridgehead atoms. The van der Waals surface area contributed by atoms with Crippen molar-refractivity contribution in [3.63, 3.8) is 0 Å². The van der Waals surface area contributed by atoms with E-state index in [1.165, 1.54) is 45.3 Å². The molecule has 1 nitrogen and oxygen atoms in total. The molecule has 0 N–H and O–H groups in total. The summed E-state index contributed by atoms with van der Waals surface area (Å²) in [6.45, 7) is 2.20. The second-order valence-electron chi connectivity index (χ2n) is 4.25. The molecule has 0 unspecified atom stereocenters. The summed E-state index contributed by atoms with van der Waals surface area (Å²) in [6, 6.07) is 6.71. The minimum absolute atomic E-state index is 1.17. The largest absolute Gasteiger partial charge is 0.253 e. The van der Waals surface area contributed by atoms with E-state index in [1.807, 2.05) is 11.7 Å². The molecule has 0 fully saturated rings. The van der Waals surface area contributed by atoms with E-state index in [9.17, 15) is 0 Å². The zero-order valence-electron chi connectivity index (χ0n) is 9.95. The third-order valence-electron chi connectivity index (χ3n) is 2.91. The molecule has 17 heavy (non-hydrogen) atoms. The van der Waals surface area contributed by atoms with Crippen molar-refractivity contribution in [2.45, 2.75) is 32.6 Å². The van der Waals surface area contributed by atoms with Gasteiger partial charge in [0.2, 0.25) is 0 Å². The Morgan fingerprint density at radius 1 is 1.24 bits per heavy atom. The van der Waals surface area contributed by atoms with Gasteiger partial charge in [-0.25, -0.2) is 0 Å². The van der Waals surface area contributed by atoms with Crippen LogP contribution in [-0.2, 0) is 12.8 Å². The smallest absolute Gasteiger partial charge is 0.0794 e. The summed E-state index contributed by atoms with van der Waals surface area (Å²) in [4.78, 5) is 5.51. The van der Waals surface area contributed by atoms with Gasteiger partial charge in [-0.15, -0.1) is 11.3 Å². The van der Waals surface area contributed by atoms with Crippen LogP contribution in [0.1, 0.15) is 28.8 Å². The van der Waals surface area contributed by atoms with Gasteiger partial charge in [-0.2, -0.15) is 0 Å². The summed E-state index contributed by atoms with van der Waals surface area (Å²) >= 11 is 4.15. The Balaban J connectivity index is 1.80. The molecular formula is C14H16INS. The SMILES string of the molecule is Cc1ccc(I)cc1CCCCc1cncs1. The normalized spacial score (nSPS) is 10.7. The standard InChI is InChI=1S/C14H16INS/c1-11-6-7-13(15)8-12(11)4-2-3-5-14-9-16-10-17-14/h6-10H,2-5H2,1H3. The lowest BCUT2D eigenvalue weighted by Gasteiger charge is -2.06. The van der Waals surface area contributed by atoms with Gasteiger partial charge in [0.15, 0.2) is 0 Å². The minimum atomic E-state index is 1.17. The fourth-order valence-electron chi connectivity index (χ4n) is 1.89. The van der Waals surface area contributed by atoms with Gasteiger partial charge in [0, 0.05) is 14.6 Å². The highest BCUT2D eigenvalue weighted by Gasteiger charge is 2.00. The highest BCUT2D eigenvalue weighted by Crippen LogP contribution is 2.17. The van der Waals surface area contributed by atoms with Crippen molar-refractivity contribution in [1.82, 2.24) is 4.98 Å². The molecule has 90 valence electrons. The monoisotopic (exact) mass is 357 g/mol. The van der Waals surface area contributed by atoms with Crippen LogP contribution in [0.4, 0.5) is 0 Å². The number of benzene rings is 1. The molecule has 0 aliphatic rings. The highest BCUT2D eigenvalue weighted by atomic mass is 127. The molecule has 2 rings (SSSR count). The minimum Gasteiger partial charge on any atom is -0.253 e. The van der Waals surface area contributed by atoms with E-state index in [-0.39, 0.29) is 0 Å². The Morgan fingerprint density at radius 3 is 2.82 bits per heavy atom. The summed E-state index contributed by atoms with van der Waals surface area (Å²) in [5.41, 5.74) is 4.84. The van der Waals surface area contributed by atoms with E-state index >= 15 is 0 Å². The maximum atomic E-state index is 4.10. The molecule has 0 atom stereocenters. The summed E-state index contributed by atoms with van der Waals surface area (Å²) in [7, 11) is 0. The van der Waals surface area contributed by atoms with Gasteiger partial charge < -0.3 is 0 Å². The third-order valence-corrected chi connectivity index (χ3v) is 4.42. The second kappa shape index (κ2) is 6.50. The molecule has 1 aromatic heterocycles. The zero-order valence-corrected chi connectivity index (χ0v) is 12.9. The van der Waals surface area contributed by atoms with Crippen molar-refractivity contribution < 1.29 is 0 Å². The molecule has 0 saturated carbocycles. The predicted octanol–water partition coefficient (Wildman–Crippen LogP) is 4.62. The van der Waals surface area contributed by atoms with Gasteiger partial charge >= 0.3 is 0 Å². The average molecular weight is 357 g/mol. The number of nitrogens with zero attached hydrogens (tertiary/aromatic N) is 1. The lowest BCUT2D eigenvalue weighted by molar-refractivity contribution is 0.737. The van der Waals surface area contributed by atoms with Gasteiger partial charge in [-0.05, 0) is 78.5 Å². The van der Waals surface area contributed by atoms with Gasteiger partial charge in [0.05, 0.1) is 5.51 Å². The van der Waals surface area contributed by atoms with Crippen LogP contribution in [0.2, 0.25) is 0 Å². The van der Waals surface area contributed by atoms with Crippen molar-refractivity contribution in [2.24, 2.45) is 0 Å². The van der Waals surface area contributed by atoms with Crippen LogP contribution in [0.25, 0.3) is 0 Å². The van der Waals surface area contributed by atoms with Gasteiger partial charge in [-0.1, -0.05) is 6.07 Å². The maximum absolute atomic E-state index is 4.10. The number of aromatic nitrogens is 1. The molecule has 1 aromatic carbocycles.